The second-order valence-electron chi connectivity index (χ2n) is 4.14. The van der Waals surface area contributed by atoms with Crippen LogP contribution in [0.15, 0.2) is 11.6 Å². The Balaban J connectivity index is 2.14. The second-order valence-corrected chi connectivity index (χ2v) is 4.14. The molecule has 2 aliphatic heterocycles. The topological polar surface area (TPSA) is 69.6 Å². The molecule has 15 heavy (non-hydrogen) atoms. The number of hydrogen-bond acceptors (Lipinski definition) is 3. The third kappa shape index (κ3) is 1.52. The normalized spacial score (nSPS) is 35.8. The minimum atomic E-state index is -0.909. The number of aliphatic hydroxyl groups excluding tert-OH is 1. The molecule has 0 aromatic heterocycles. The van der Waals surface area contributed by atoms with E-state index in [9.17, 15) is 14.7 Å². The Kier molecular flexibility index (Phi) is 2.26. The number of carbonyl (C=O) groups excluding carboxylic acids is 2. The summed E-state index contributed by atoms with van der Waals surface area (Å²) in [4.78, 5) is 24.3. The van der Waals surface area contributed by atoms with Gasteiger partial charge in [0.15, 0.2) is 6.23 Å². The lowest BCUT2D eigenvalue weighted by Gasteiger charge is -2.27. The fraction of sp³-hybridized carbons (Fsp3) is 0.600. The van der Waals surface area contributed by atoms with E-state index in [2.05, 4.69) is 5.32 Å². The third-order valence-electron chi connectivity index (χ3n) is 2.92. The molecular formula is C10H14N2O3. The first-order chi connectivity index (χ1) is 7.00. The van der Waals surface area contributed by atoms with E-state index in [1.165, 1.54) is 11.0 Å². The molecule has 82 valence electrons. The fourth-order valence-corrected chi connectivity index (χ4v) is 2.02. The van der Waals surface area contributed by atoms with E-state index in [1.807, 2.05) is 6.92 Å². The summed E-state index contributed by atoms with van der Waals surface area (Å²) in [5, 5.41) is 12.3. The van der Waals surface area contributed by atoms with E-state index in [-0.39, 0.29) is 23.9 Å². The maximum Gasteiger partial charge on any atom is 0.253 e. The van der Waals surface area contributed by atoms with Crippen molar-refractivity contribution in [2.45, 2.75) is 32.7 Å². The number of nitrogens with zero attached hydrogens (tertiary/aromatic N) is 1. The number of carbonyl (C=O) groups is 2. The lowest BCUT2D eigenvalue weighted by molar-refractivity contribution is -0.136. The van der Waals surface area contributed by atoms with Gasteiger partial charge >= 0.3 is 0 Å². The van der Waals surface area contributed by atoms with Gasteiger partial charge in [0.1, 0.15) is 6.17 Å². The van der Waals surface area contributed by atoms with Gasteiger partial charge in [-0.05, 0) is 19.4 Å². The molecular weight excluding hydrogens is 196 g/mol. The number of nitrogens with one attached hydrogen (secondary N) is 1. The van der Waals surface area contributed by atoms with Gasteiger partial charge < -0.3 is 10.4 Å². The van der Waals surface area contributed by atoms with Crippen molar-refractivity contribution >= 4 is 11.8 Å². The van der Waals surface area contributed by atoms with Crippen LogP contribution in [0.1, 0.15) is 20.3 Å². The van der Waals surface area contributed by atoms with Crippen molar-refractivity contribution in [2.75, 3.05) is 0 Å². The highest BCUT2D eigenvalue weighted by atomic mass is 16.3. The summed E-state index contributed by atoms with van der Waals surface area (Å²) in [5.41, 5.74) is 0.524. The van der Waals surface area contributed by atoms with Crippen molar-refractivity contribution in [1.82, 2.24) is 10.2 Å². The molecule has 2 heterocycles. The number of amides is 2. The minimum absolute atomic E-state index is 0.0652. The van der Waals surface area contributed by atoms with Crippen LogP contribution in [-0.4, -0.2) is 34.2 Å². The van der Waals surface area contributed by atoms with Crippen LogP contribution in [-0.2, 0) is 9.59 Å². The summed E-state index contributed by atoms with van der Waals surface area (Å²) in [6.45, 7) is 3.47. The second kappa shape index (κ2) is 3.34. The predicted octanol–water partition coefficient (Wildman–Crippen LogP) is -0.425. The number of rotatable bonds is 1. The van der Waals surface area contributed by atoms with Crippen molar-refractivity contribution in [2.24, 2.45) is 5.92 Å². The molecule has 0 bridgehead atoms. The molecule has 5 heteroatoms. The summed E-state index contributed by atoms with van der Waals surface area (Å²) in [7, 11) is 0. The molecule has 5 nitrogen and oxygen atoms in total. The molecule has 0 spiro atoms. The summed E-state index contributed by atoms with van der Waals surface area (Å²) in [6, 6.07) is 0. The summed E-state index contributed by atoms with van der Waals surface area (Å²) in [6.07, 6.45) is 0.775. The van der Waals surface area contributed by atoms with E-state index >= 15 is 0 Å². The zero-order valence-electron chi connectivity index (χ0n) is 8.73. The van der Waals surface area contributed by atoms with Crippen molar-refractivity contribution in [3.05, 3.63) is 11.6 Å². The van der Waals surface area contributed by atoms with E-state index in [0.717, 1.165) is 0 Å². The van der Waals surface area contributed by atoms with Gasteiger partial charge in [-0.25, -0.2) is 0 Å². The molecule has 2 N–H and O–H groups in total. The third-order valence-corrected chi connectivity index (χ3v) is 2.92. The van der Waals surface area contributed by atoms with Gasteiger partial charge in [0.2, 0.25) is 5.91 Å². The van der Waals surface area contributed by atoms with Gasteiger partial charge in [-0.15, -0.1) is 0 Å². The Labute approximate surface area is 87.7 Å². The Morgan fingerprint density at radius 2 is 2.20 bits per heavy atom. The molecule has 0 aliphatic carbocycles. The first-order valence-corrected chi connectivity index (χ1v) is 5.00. The van der Waals surface area contributed by atoms with Gasteiger partial charge in [0.05, 0.1) is 0 Å². The first kappa shape index (κ1) is 10.2. The van der Waals surface area contributed by atoms with Gasteiger partial charge in [-0.3, -0.25) is 14.5 Å². The van der Waals surface area contributed by atoms with Gasteiger partial charge in [0.25, 0.3) is 5.91 Å². The molecule has 1 saturated heterocycles. The molecule has 2 amide bonds. The largest absolute Gasteiger partial charge is 0.370 e. The van der Waals surface area contributed by atoms with Crippen molar-refractivity contribution in [3.8, 4) is 0 Å². The minimum Gasteiger partial charge on any atom is -0.370 e. The van der Waals surface area contributed by atoms with E-state index in [0.29, 0.717) is 12.0 Å². The quantitative estimate of drug-likeness (QED) is 0.617. The van der Waals surface area contributed by atoms with E-state index in [4.69, 9.17) is 0 Å². The zero-order valence-corrected chi connectivity index (χ0v) is 8.73. The van der Waals surface area contributed by atoms with Crippen molar-refractivity contribution < 1.29 is 14.7 Å². The molecule has 2 rings (SSSR count). The Hall–Kier alpha value is -1.36. The lowest BCUT2D eigenvalue weighted by atomic mass is 10.1. The van der Waals surface area contributed by atoms with Gasteiger partial charge in [0, 0.05) is 11.5 Å². The standard InChI is InChI=1S/C10H14N2O3/c1-5-3-7(11-9(5)14)12-8(13)4-6(2)10(12)15/h4-5,7-8,13H,3H2,1-2H3,(H,11,14). The highest BCUT2D eigenvalue weighted by Crippen LogP contribution is 2.25. The first-order valence-electron chi connectivity index (χ1n) is 5.00. The Morgan fingerprint density at radius 3 is 2.60 bits per heavy atom. The van der Waals surface area contributed by atoms with Crippen LogP contribution < -0.4 is 5.32 Å². The number of hydrogen-bond donors (Lipinski definition) is 2. The van der Waals surface area contributed by atoms with Crippen LogP contribution >= 0.6 is 0 Å². The Morgan fingerprint density at radius 1 is 1.53 bits per heavy atom. The maximum absolute atomic E-state index is 11.7. The van der Waals surface area contributed by atoms with Crippen LogP contribution in [0.5, 0.6) is 0 Å². The molecule has 0 saturated carbocycles. The van der Waals surface area contributed by atoms with E-state index in [1.54, 1.807) is 6.92 Å². The average molecular weight is 210 g/mol. The van der Waals surface area contributed by atoms with Crippen LogP contribution in [0, 0.1) is 5.92 Å². The van der Waals surface area contributed by atoms with Gasteiger partial charge in [-0.1, -0.05) is 6.92 Å². The molecule has 0 aromatic carbocycles. The summed E-state index contributed by atoms with van der Waals surface area (Å²) in [5.74, 6) is -0.373. The smallest absolute Gasteiger partial charge is 0.253 e. The lowest BCUT2D eigenvalue weighted by Crippen LogP contribution is -2.48. The Bertz CT molecular complexity index is 351. The van der Waals surface area contributed by atoms with Gasteiger partial charge in [-0.2, -0.15) is 0 Å². The summed E-state index contributed by atoms with van der Waals surface area (Å²) < 4.78 is 0. The van der Waals surface area contributed by atoms with Crippen LogP contribution in [0.2, 0.25) is 0 Å². The van der Waals surface area contributed by atoms with Crippen LogP contribution in [0.25, 0.3) is 0 Å². The molecule has 0 aromatic rings. The van der Waals surface area contributed by atoms with Crippen LogP contribution in [0.4, 0.5) is 0 Å². The van der Waals surface area contributed by atoms with Crippen molar-refractivity contribution in [1.29, 1.82) is 0 Å². The molecule has 2 aliphatic rings. The average Bonchev–Trinajstić information content (AvgIpc) is 2.57. The predicted molar refractivity (Wildman–Crippen MR) is 52.3 cm³/mol. The van der Waals surface area contributed by atoms with E-state index < -0.39 is 6.23 Å². The molecule has 3 atom stereocenters. The monoisotopic (exact) mass is 210 g/mol. The number of aliphatic hydroxyl groups is 1. The SMILES string of the molecule is CC1=CC(O)N(C2CC(C)C(=O)N2)C1=O. The summed E-state index contributed by atoms with van der Waals surface area (Å²) >= 11 is 0. The molecule has 3 unspecified atom stereocenters. The molecule has 0 radical (unpaired) electrons. The highest BCUT2D eigenvalue weighted by Gasteiger charge is 2.40. The highest BCUT2D eigenvalue weighted by molar-refractivity contribution is 5.96. The van der Waals surface area contributed by atoms with Crippen LogP contribution in [0.3, 0.4) is 0 Å². The zero-order chi connectivity index (χ0) is 11.2. The molecule has 1 fully saturated rings. The fourth-order valence-electron chi connectivity index (χ4n) is 2.02. The van der Waals surface area contributed by atoms with Crippen molar-refractivity contribution in [3.63, 3.8) is 0 Å². The maximum atomic E-state index is 11.7.